The van der Waals surface area contributed by atoms with Crippen molar-refractivity contribution in [3.8, 4) is 0 Å². The van der Waals surface area contributed by atoms with Crippen molar-refractivity contribution in [2.45, 2.75) is 0 Å². The van der Waals surface area contributed by atoms with Crippen LogP contribution in [-0.4, -0.2) is 33.1 Å². The molecule has 0 atom stereocenters. The van der Waals surface area contributed by atoms with Gasteiger partial charge in [-0.15, -0.1) is 0 Å². The van der Waals surface area contributed by atoms with Crippen LogP contribution in [-0.2, 0) is 14.8 Å². The van der Waals surface area contributed by atoms with Gasteiger partial charge < -0.3 is 15.2 Å². The average molecular weight is 347 g/mol. The molecule has 0 heterocycles. The molecule has 0 aliphatic rings. The molecule has 0 radical (unpaired) electrons. The second kappa shape index (κ2) is 7.14. The van der Waals surface area contributed by atoms with Crippen molar-refractivity contribution in [2.75, 3.05) is 22.4 Å². The fourth-order valence-corrected chi connectivity index (χ4v) is 2.94. The van der Waals surface area contributed by atoms with Crippen molar-refractivity contribution >= 4 is 33.3 Å². The number of rotatable bonds is 6. The molecule has 2 aromatic carbocycles. The van der Waals surface area contributed by atoms with Gasteiger partial charge in [-0.25, -0.2) is 8.42 Å². The Morgan fingerprint density at radius 2 is 1.62 bits per heavy atom. The van der Waals surface area contributed by atoms with Crippen LogP contribution in [0.5, 0.6) is 0 Å². The van der Waals surface area contributed by atoms with Gasteiger partial charge >= 0.3 is 0 Å². The second-order valence-corrected chi connectivity index (χ2v) is 6.89. The molecule has 24 heavy (non-hydrogen) atoms. The van der Waals surface area contributed by atoms with Gasteiger partial charge in [0, 0.05) is 11.3 Å². The fourth-order valence-electron chi connectivity index (χ4n) is 2.08. The lowest BCUT2D eigenvalue weighted by Crippen LogP contribution is -2.37. The molecule has 7 nitrogen and oxygen atoms in total. The summed E-state index contributed by atoms with van der Waals surface area (Å²) in [6, 6.07) is 13.9. The van der Waals surface area contributed by atoms with E-state index in [1.807, 2.05) is 0 Å². The molecule has 0 aromatic heterocycles. The molecule has 0 aliphatic carbocycles. The van der Waals surface area contributed by atoms with E-state index < -0.39 is 28.4 Å². The molecule has 0 unspecified atom stereocenters. The van der Waals surface area contributed by atoms with Gasteiger partial charge in [0.25, 0.3) is 0 Å². The molecule has 8 heteroatoms. The van der Waals surface area contributed by atoms with Crippen molar-refractivity contribution in [2.24, 2.45) is 0 Å². The van der Waals surface area contributed by atoms with E-state index in [9.17, 15) is 23.1 Å². The summed E-state index contributed by atoms with van der Waals surface area (Å²) in [7, 11) is -3.69. The highest BCUT2D eigenvalue weighted by Crippen LogP contribution is 2.18. The van der Waals surface area contributed by atoms with Crippen LogP contribution >= 0.6 is 0 Å². The zero-order valence-electron chi connectivity index (χ0n) is 12.8. The third kappa shape index (κ3) is 4.32. The SMILES string of the molecule is CS(=O)(=O)N(CC(=O)Nc1ccccc1C(=O)[O-])c1ccccc1. The number of hydrogen-bond acceptors (Lipinski definition) is 5. The maximum absolute atomic E-state index is 12.2. The maximum atomic E-state index is 12.2. The summed E-state index contributed by atoms with van der Waals surface area (Å²) < 4.78 is 24.8. The Hall–Kier alpha value is -2.87. The Bertz CT molecular complexity index is 850. The summed E-state index contributed by atoms with van der Waals surface area (Å²) in [5.74, 6) is -2.10. The number of carbonyl (C=O) groups is 2. The molecule has 126 valence electrons. The number of sulfonamides is 1. The Balaban J connectivity index is 2.23. The highest BCUT2D eigenvalue weighted by Gasteiger charge is 2.21. The van der Waals surface area contributed by atoms with Gasteiger partial charge in [0.1, 0.15) is 6.54 Å². The van der Waals surface area contributed by atoms with E-state index in [-0.39, 0.29) is 11.3 Å². The van der Waals surface area contributed by atoms with Crippen molar-refractivity contribution in [3.05, 3.63) is 60.2 Å². The molecular formula is C16H15N2O5S-. The molecule has 0 fully saturated rings. The Morgan fingerprint density at radius 1 is 1.04 bits per heavy atom. The molecule has 1 N–H and O–H groups in total. The highest BCUT2D eigenvalue weighted by molar-refractivity contribution is 7.92. The van der Waals surface area contributed by atoms with E-state index in [2.05, 4.69) is 5.32 Å². The molecule has 0 spiro atoms. The van der Waals surface area contributed by atoms with Crippen LogP contribution in [0.3, 0.4) is 0 Å². The molecule has 2 aromatic rings. The molecule has 0 saturated heterocycles. The van der Waals surface area contributed by atoms with Crippen LogP contribution in [0, 0.1) is 0 Å². The second-order valence-electron chi connectivity index (χ2n) is 4.99. The highest BCUT2D eigenvalue weighted by atomic mass is 32.2. The van der Waals surface area contributed by atoms with E-state index >= 15 is 0 Å². The van der Waals surface area contributed by atoms with Crippen LogP contribution in [0.15, 0.2) is 54.6 Å². The summed E-state index contributed by atoms with van der Waals surface area (Å²) in [5, 5.41) is 13.4. The third-order valence-corrected chi connectivity index (χ3v) is 4.29. The summed E-state index contributed by atoms with van der Waals surface area (Å²) in [5.41, 5.74) is 0.198. The predicted octanol–water partition coefficient (Wildman–Crippen LogP) is 0.455. The van der Waals surface area contributed by atoms with E-state index in [0.29, 0.717) is 5.69 Å². The van der Waals surface area contributed by atoms with Crippen LogP contribution in [0.4, 0.5) is 11.4 Å². The molecule has 1 amide bonds. The number of nitrogens with zero attached hydrogens (tertiary/aromatic N) is 1. The van der Waals surface area contributed by atoms with Gasteiger partial charge in [0.15, 0.2) is 0 Å². The topological polar surface area (TPSA) is 107 Å². The lowest BCUT2D eigenvalue weighted by molar-refractivity contribution is -0.254. The average Bonchev–Trinajstić information content (AvgIpc) is 2.52. The van der Waals surface area contributed by atoms with Gasteiger partial charge in [0.05, 0.1) is 17.9 Å². The van der Waals surface area contributed by atoms with E-state index in [1.54, 1.807) is 36.4 Å². The summed E-state index contributed by atoms with van der Waals surface area (Å²) in [4.78, 5) is 23.2. The number of carboxylic acids is 1. The molecule has 0 saturated carbocycles. The molecule has 0 bridgehead atoms. The number of benzene rings is 2. The van der Waals surface area contributed by atoms with Crippen LogP contribution in [0.1, 0.15) is 10.4 Å². The minimum atomic E-state index is -3.69. The number of nitrogens with one attached hydrogen (secondary N) is 1. The zero-order valence-corrected chi connectivity index (χ0v) is 13.6. The van der Waals surface area contributed by atoms with Gasteiger partial charge in [-0.1, -0.05) is 36.4 Å². The first-order valence-electron chi connectivity index (χ1n) is 6.92. The van der Waals surface area contributed by atoms with Crippen molar-refractivity contribution in [3.63, 3.8) is 0 Å². The minimum absolute atomic E-state index is 0.0454. The molecule has 2 rings (SSSR count). The van der Waals surface area contributed by atoms with Crippen LogP contribution < -0.4 is 14.7 Å². The number of anilines is 2. The van der Waals surface area contributed by atoms with Crippen LogP contribution in [0.2, 0.25) is 0 Å². The van der Waals surface area contributed by atoms with Crippen molar-refractivity contribution < 1.29 is 23.1 Å². The van der Waals surface area contributed by atoms with E-state index in [1.165, 1.54) is 18.2 Å². The smallest absolute Gasteiger partial charge is 0.245 e. The first kappa shape index (κ1) is 17.5. The Labute approximate surface area is 139 Å². The van der Waals surface area contributed by atoms with Gasteiger partial charge in [-0.3, -0.25) is 9.10 Å². The molecule has 0 aliphatic heterocycles. The minimum Gasteiger partial charge on any atom is -0.545 e. The summed E-state index contributed by atoms with van der Waals surface area (Å²) in [6.45, 7) is -0.482. The lowest BCUT2D eigenvalue weighted by Gasteiger charge is -2.22. The summed E-state index contributed by atoms with van der Waals surface area (Å²) >= 11 is 0. The quantitative estimate of drug-likeness (QED) is 0.817. The number of carboxylic acid groups (broad SMARTS) is 1. The standard InChI is InChI=1S/C16H16N2O5S/c1-24(22,23)18(12-7-3-2-4-8-12)11-15(19)17-14-10-6-5-9-13(14)16(20)21/h2-10H,11H2,1H3,(H,17,19)(H,20,21)/p-1. The molecular weight excluding hydrogens is 332 g/mol. The number of hydrogen-bond donors (Lipinski definition) is 1. The first-order chi connectivity index (χ1) is 11.3. The largest absolute Gasteiger partial charge is 0.545 e. The van der Waals surface area contributed by atoms with Gasteiger partial charge in [-0.2, -0.15) is 0 Å². The number of para-hydroxylation sites is 2. The Kier molecular flexibility index (Phi) is 5.20. The normalized spacial score (nSPS) is 10.9. The van der Waals surface area contributed by atoms with Crippen molar-refractivity contribution in [1.29, 1.82) is 0 Å². The zero-order chi connectivity index (χ0) is 17.7. The summed E-state index contributed by atoms with van der Waals surface area (Å²) in [6.07, 6.45) is 0.988. The number of aromatic carboxylic acids is 1. The van der Waals surface area contributed by atoms with Gasteiger partial charge in [0.2, 0.25) is 15.9 Å². The first-order valence-corrected chi connectivity index (χ1v) is 8.77. The predicted molar refractivity (Wildman–Crippen MR) is 88.0 cm³/mol. The number of carbonyl (C=O) groups excluding carboxylic acids is 2. The lowest BCUT2D eigenvalue weighted by atomic mass is 10.2. The fraction of sp³-hybridized carbons (Fsp3) is 0.125. The maximum Gasteiger partial charge on any atom is 0.245 e. The van der Waals surface area contributed by atoms with Crippen LogP contribution in [0.25, 0.3) is 0 Å². The van der Waals surface area contributed by atoms with Gasteiger partial charge in [-0.05, 0) is 18.2 Å². The van der Waals surface area contributed by atoms with E-state index in [0.717, 1.165) is 10.6 Å². The third-order valence-electron chi connectivity index (χ3n) is 3.15. The monoisotopic (exact) mass is 347 g/mol. The van der Waals surface area contributed by atoms with Crippen molar-refractivity contribution in [1.82, 2.24) is 0 Å². The van der Waals surface area contributed by atoms with E-state index in [4.69, 9.17) is 0 Å². The Morgan fingerprint density at radius 3 is 2.21 bits per heavy atom. The number of amides is 1.